The zero-order valence-corrected chi connectivity index (χ0v) is 13.7. The lowest BCUT2D eigenvalue weighted by molar-refractivity contribution is -0.130. The van der Waals surface area contributed by atoms with Gasteiger partial charge in [0.05, 0.1) is 11.5 Å². The fraction of sp³-hybridized carbons (Fsp3) is 0.500. The highest BCUT2D eigenvalue weighted by Crippen LogP contribution is 2.24. The minimum atomic E-state index is -0.545. The van der Waals surface area contributed by atoms with E-state index in [-0.39, 0.29) is 18.0 Å². The predicted octanol–water partition coefficient (Wildman–Crippen LogP) is 2.84. The highest BCUT2D eigenvalue weighted by molar-refractivity contribution is 5.82. The third kappa shape index (κ3) is 4.61. The SMILES string of the molecule is C#CCC(C)(C)C(=O)N[C@H](C)[C@@H](c1ccccc1)N(C)C. The van der Waals surface area contributed by atoms with Gasteiger partial charge in [-0.2, -0.15) is 0 Å². The van der Waals surface area contributed by atoms with Crippen molar-refractivity contribution >= 4 is 5.91 Å². The summed E-state index contributed by atoms with van der Waals surface area (Å²) >= 11 is 0. The molecule has 0 saturated carbocycles. The van der Waals surface area contributed by atoms with Gasteiger partial charge in [0.25, 0.3) is 0 Å². The predicted molar refractivity (Wildman–Crippen MR) is 87.7 cm³/mol. The van der Waals surface area contributed by atoms with Crippen molar-refractivity contribution in [3.63, 3.8) is 0 Å². The van der Waals surface area contributed by atoms with E-state index >= 15 is 0 Å². The molecule has 0 aromatic heterocycles. The fourth-order valence-corrected chi connectivity index (χ4v) is 2.50. The molecule has 1 rings (SSSR count). The molecule has 2 atom stereocenters. The van der Waals surface area contributed by atoms with Crippen molar-refractivity contribution in [2.45, 2.75) is 39.3 Å². The maximum Gasteiger partial charge on any atom is 0.226 e. The molecule has 0 aliphatic heterocycles. The average Bonchev–Trinajstić information content (AvgIpc) is 2.39. The van der Waals surface area contributed by atoms with E-state index in [1.165, 1.54) is 5.56 Å². The van der Waals surface area contributed by atoms with Crippen LogP contribution in [0.5, 0.6) is 0 Å². The molecule has 0 spiro atoms. The molecule has 1 N–H and O–H groups in total. The van der Waals surface area contributed by atoms with E-state index in [4.69, 9.17) is 6.42 Å². The molecule has 0 radical (unpaired) electrons. The van der Waals surface area contributed by atoms with Gasteiger partial charge in [0.15, 0.2) is 0 Å². The summed E-state index contributed by atoms with van der Waals surface area (Å²) in [4.78, 5) is 14.5. The van der Waals surface area contributed by atoms with Gasteiger partial charge in [-0.05, 0) is 26.6 Å². The van der Waals surface area contributed by atoms with Crippen LogP contribution in [0.3, 0.4) is 0 Å². The summed E-state index contributed by atoms with van der Waals surface area (Å²) in [5.74, 6) is 2.57. The van der Waals surface area contributed by atoms with Gasteiger partial charge in [-0.25, -0.2) is 0 Å². The summed E-state index contributed by atoms with van der Waals surface area (Å²) in [5, 5.41) is 3.11. The minimum Gasteiger partial charge on any atom is -0.351 e. The maximum atomic E-state index is 12.4. The van der Waals surface area contributed by atoms with Crippen LogP contribution in [0, 0.1) is 17.8 Å². The van der Waals surface area contributed by atoms with Gasteiger partial charge in [-0.3, -0.25) is 4.79 Å². The van der Waals surface area contributed by atoms with E-state index in [1.54, 1.807) is 0 Å². The minimum absolute atomic E-state index is 0.00395. The molecule has 0 saturated heterocycles. The van der Waals surface area contributed by atoms with Crippen molar-refractivity contribution in [3.05, 3.63) is 35.9 Å². The zero-order chi connectivity index (χ0) is 16.0. The summed E-state index contributed by atoms with van der Waals surface area (Å²) in [6, 6.07) is 10.3. The van der Waals surface area contributed by atoms with Crippen molar-refractivity contribution in [1.82, 2.24) is 10.2 Å². The second-order valence-corrected chi connectivity index (χ2v) is 6.35. The summed E-state index contributed by atoms with van der Waals surface area (Å²) in [6.45, 7) is 5.78. The first kappa shape index (κ1) is 17.3. The van der Waals surface area contributed by atoms with Gasteiger partial charge in [0, 0.05) is 12.5 Å². The number of carbonyl (C=O) groups is 1. The molecule has 1 aromatic rings. The van der Waals surface area contributed by atoms with Crippen LogP contribution in [0.1, 0.15) is 38.8 Å². The maximum absolute atomic E-state index is 12.4. The number of hydrogen-bond acceptors (Lipinski definition) is 2. The molecule has 21 heavy (non-hydrogen) atoms. The number of terminal acetylenes is 1. The Hall–Kier alpha value is -1.79. The van der Waals surface area contributed by atoms with E-state index < -0.39 is 5.41 Å². The summed E-state index contributed by atoms with van der Waals surface area (Å²) in [5.41, 5.74) is 0.640. The normalized spacial score (nSPS) is 14.3. The molecule has 0 unspecified atom stereocenters. The highest BCUT2D eigenvalue weighted by atomic mass is 16.2. The van der Waals surface area contributed by atoms with E-state index in [9.17, 15) is 4.79 Å². The average molecular weight is 286 g/mol. The second-order valence-electron chi connectivity index (χ2n) is 6.35. The zero-order valence-electron chi connectivity index (χ0n) is 13.7. The van der Waals surface area contributed by atoms with Crippen LogP contribution in [0.2, 0.25) is 0 Å². The first-order valence-electron chi connectivity index (χ1n) is 7.25. The Kier molecular flexibility index (Phi) is 5.99. The van der Waals surface area contributed by atoms with Crippen LogP contribution in [0.4, 0.5) is 0 Å². The topological polar surface area (TPSA) is 32.3 Å². The Bertz CT molecular complexity index is 500. The lowest BCUT2D eigenvalue weighted by Crippen LogP contribution is -2.47. The molecule has 0 aliphatic rings. The van der Waals surface area contributed by atoms with Gasteiger partial charge in [0.2, 0.25) is 5.91 Å². The number of hydrogen-bond donors (Lipinski definition) is 1. The summed E-state index contributed by atoms with van der Waals surface area (Å²) < 4.78 is 0. The second kappa shape index (κ2) is 7.28. The standard InChI is InChI=1S/C18H26N2O/c1-7-13-18(3,4)17(21)19-14(2)16(20(5)6)15-11-9-8-10-12-15/h1,8-12,14,16H,13H2,2-6H3,(H,19,21)/t14-,16+/m1/s1. The summed E-state index contributed by atoms with van der Waals surface area (Å²) in [7, 11) is 4.04. The van der Waals surface area contributed by atoms with Crippen LogP contribution in [-0.4, -0.2) is 30.9 Å². The van der Waals surface area contributed by atoms with Crippen molar-refractivity contribution in [2.75, 3.05) is 14.1 Å². The number of benzene rings is 1. The Balaban J connectivity index is 2.87. The third-order valence-corrected chi connectivity index (χ3v) is 3.69. The molecule has 0 fully saturated rings. The monoisotopic (exact) mass is 286 g/mol. The number of carbonyl (C=O) groups excluding carboxylic acids is 1. The van der Waals surface area contributed by atoms with E-state index in [2.05, 4.69) is 28.3 Å². The Morgan fingerprint density at radius 2 is 1.90 bits per heavy atom. The van der Waals surface area contributed by atoms with Gasteiger partial charge < -0.3 is 10.2 Å². The fourth-order valence-electron chi connectivity index (χ4n) is 2.50. The van der Waals surface area contributed by atoms with Gasteiger partial charge in [0.1, 0.15) is 0 Å². The van der Waals surface area contributed by atoms with Crippen molar-refractivity contribution in [1.29, 1.82) is 0 Å². The number of likely N-dealkylation sites (N-methyl/N-ethyl adjacent to an activating group) is 1. The summed E-state index contributed by atoms with van der Waals surface area (Å²) in [6.07, 6.45) is 5.78. The lowest BCUT2D eigenvalue weighted by atomic mass is 9.88. The van der Waals surface area contributed by atoms with Crippen LogP contribution in [0.15, 0.2) is 30.3 Å². The van der Waals surface area contributed by atoms with Crippen molar-refractivity contribution in [3.8, 4) is 12.3 Å². The molecule has 3 heteroatoms. The molecule has 1 amide bonds. The Morgan fingerprint density at radius 3 is 2.38 bits per heavy atom. The van der Waals surface area contributed by atoms with Crippen LogP contribution >= 0.6 is 0 Å². The van der Waals surface area contributed by atoms with E-state index in [0.717, 1.165) is 0 Å². The molecule has 0 bridgehead atoms. The Morgan fingerprint density at radius 1 is 1.33 bits per heavy atom. The Labute approximate surface area is 128 Å². The first-order chi connectivity index (χ1) is 9.79. The van der Waals surface area contributed by atoms with Crippen LogP contribution < -0.4 is 5.32 Å². The largest absolute Gasteiger partial charge is 0.351 e. The van der Waals surface area contributed by atoms with Crippen LogP contribution in [-0.2, 0) is 4.79 Å². The first-order valence-corrected chi connectivity index (χ1v) is 7.25. The third-order valence-electron chi connectivity index (χ3n) is 3.69. The quantitative estimate of drug-likeness (QED) is 0.816. The van der Waals surface area contributed by atoms with E-state index in [0.29, 0.717) is 6.42 Å². The molecule has 1 aromatic carbocycles. The molecule has 0 heterocycles. The van der Waals surface area contributed by atoms with Crippen molar-refractivity contribution < 1.29 is 4.79 Å². The van der Waals surface area contributed by atoms with Gasteiger partial charge >= 0.3 is 0 Å². The van der Waals surface area contributed by atoms with Gasteiger partial charge in [-0.1, -0.05) is 44.2 Å². The number of nitrogens with one attached hydrogen (secondary N) is 1. The molecular formula is C18H26N2O. The number of nitrogens with zero attached hydrogens (tertiary/aromatic N) is 1. The number of rotatable bonds is 6. The lowest BCUT2D eigenvalue weighted by Gasteiger charge is -2.33. The van der Waals surface area contributed by atoms with Gasteiger partial charge in [-0.15, -0.1) is 12.3 Å². The van der Waals surface area contributed by atoms with Crippen molar-refractivity contribution in [2.24, 2.45) is 5.41 Å². The van der Waals surface area contributed by atoms with E-state index in [1.807, 2.05) is 53.1 Å². The molecular weight excluding hydrogens is 260 g/mol. The molecule has 114 valence electrons. The number of amides is 1. The molecule has 3 nitrogen and oxygen atoms in total. The smallest absolute Gasteiger partial charge is 0.226 e. The van der Waals surface area contributed by atoms with Crippen LogP contribution in [0.25, 0.3) is 0 Å². The molecule has 0 aliphatic carbocycles. The highest BCUT2D eigenvalue weighted by Gasteiger charge is 2.30.